The van der Waals surface area contributed by atoms with E-state index in [4.69, 9.17) is 5.11 Å². The maximum absolute atomic E-state index is 12.5. The van der Waals surface area contributed by atoms with Crippen molar-refractivity contribution in [1.82, 2.24) is 9.88 Å². The normalized spacial score (nSPS) is 23.4. The van der Waals surface area contributed by atoms with Crippen molar-refractivity contribution in [2.24, 2.45) is 11.8 Å². The summed E-state index contributed by atoms with van der Waals surface area (Å²) in [6.45, 7) is 4.89. The molecule has 5 nitrogen and oxygen atoms in total. The van der Waals surface area contributed by atoms with Gasteiger partial charge in [-0.2, -0.15) is 0 Å². The van der Waals surface area contributed by atoms with E-state index in [9.17, 15) is 9.59 Å². The number of carbonyl (C=O) groups excluding carboxylic acids is 1. The molecule has 1 amide bonds. The molecule has 1 aliphatic heterocycles. The Labute approximate surface area is 116 Å². The first-order chi connectivity index (χ1) is 9.02. The zero-order valence-corrected chi connectivity index (χ0v) is 11.9. The number of thiazole rings is 1. The number of carbonyl (C=O) groups is 2. The van der Waals surface area contributed by atoms with Crippen molar-refractivity contribution < 1.29 is 14.7 Å². The summed E-state index contributed by atoms with van der Waals surface area (Å²) < 4.78 is 0. The number of amides is 1. The van der Waals surface area contributed by atoms with E-state index in [2.05, 4.69) is 4.98 Å². The van der Waals surface area contributed by atoms with Gasteiger partial charge in [-0.25, -0.2) is 4.98 Å². The van der Waals surface area contributed by atoms with Crippen LogP contribution in [0.5, 0.6) is 0 Å². The van der Waals surface area contributed by atoms with Gasteiger partial charge >= 0.3 is 5.97 Å². The summed E-state index contributed by atoms with van der Waals surface area (Å²) in [5.41, 5.74) is 2.48. The third-order valence-electron chi connectivity index (χ3n) is 3.47. The smallest absolute Gasteiger partial charge is 0.308 e. The van der Waals surface area contributed by atoms with E-state index in [1.807, 2.05) is 13.8 Å². The molecule has 0 bridgehead atoms. The van der Waals surface area contributed by atoms with Gasteiger partial charge in [0.1, 0.15) is 4.88 Å². The van der Waals surface area contributed by atoms with Crippen LogP contribution in [0.15, 0.2) is 5.51 Å². The minimum atomic E-state index is -0.815. The molecule has 0 saturated carbocycles. The standard InChI is InChI=1S/C13H18N2O3S/c1-3-10-11(19-7-14-10)12(16)15-5-8(2)4-9(6-15)13(17)18/h7-9H,3-6H2,1-2H3,(H,17,18). The molecule has 2 unspecified atom stereocenters. The van der Waals surface area contributed by atoms with Crippen LogP contribution in [0.3, 0.4) is 0 Å². The fourth-order valence-corrected chi connectivity index (χ4v) is 3.38. The van der Waals surface area contributed by atoms with E-state index < -0.39 is 11.9 Å². The molecule has 1 N–H and O–H groups in total. The van der Waals surface area contributed by atoms with Crippen LogP contribution in [0.2, 0.25) is 0 Å². The summed E-state index contributed by atoms with van der Waals surface area (Å²) in [6, 6.07) is 0. The van der Waals surface area contributed by atoms with Crippen LogP contribution < -0.4 is 0 Å². The van der Waals surface area contributed by atoms with E-state index in [1.54, 1.807) is 10.4 Å². The predicted molar refractivity (Wildman–Crippen MR) is 72.3 cm³/mol. The minimum Gasteiger partial charge on any atom is -0.481 e. The van der Waals surface area contributed by atoms with Crippen molar-refractivity contribution >= 4 is 23.2 Å². The summed E-state index contributed by atoms with van der Waals surface area (Å²) in [5, 5.41) is 9.14. The molecule has 1 aromatic rings. The first-order valence-corrected chi connectivity index (χ1v) is 7.35. The zero-order chi connectivity index (χ0) is 14.0. The molecular formula is C13H18N2O3S. The largest absolute Gasteiger partial charge is 0.481 e. The fourth-order valence-electron chi connectivity index (χ4n) is 2.53. The molecule has 0 aromatic carbocycles. The van der Waals surface area contributed by atoms with E-state index in [1.165, 1.54) is 11.3 Å². The summed E-state index contributed by atoms with van der Waals surface area (Å²) in [6.07, 6.45) is 1.36. The molecular weight excluding hydrogens is 264 g/mol. The van der Waals surface area contributed by atoms with Crippen LogP contribution >= 0.6 is 11.3 Å². The van der Waals surface area contributed by atoms with Crippen LogP contribution in [-0.2, 0) is 11.2 Å². The lowest BCUT2D eigenvalue weighted by atomic mass is 9.90. The number of piperidine rings is 1. The highest BCUT2D eigenvalue weighted by atomic mass is 32.1. The van der Waals surface area contributed by atoms with Gasteiger partial charge in [-0.05, 0) is 18.8 Å². The van der Waals surface area contributed by atoms with Crippen molar-refractivity contribution in [2.75, 3.05) is 13.1 Å². The maximum atomic E-state index is 12.5. The number of hydrogen-bond acceptors (Lipinski definition) is 4. The van der Waals surface area contributed by atoms with Crippen LogP contribution in [0, 0.1) is 11.8 Å². The summed E-state index contributed by atoms with van der Waals surface area (Å²) >= 11 is 1.34. The van der Waals surface area contributed by atoms with Crippen molar-refractivity contribution in [3.8, 4) is 0 Å². The number of carboxylic acids is 1. The highest BCUT2D eigenvalue weighted by Gasteiger charge is 2.33. The van der Waals surface area contributed by atoms with Gasteiger partial charge in [0.15, 0.2) is 0 Å². The Kier molecular flexibility index (Phi) is 4.19. The molecule has 2 atom stereocenters. The monoisotopic (exact) mass is 282 g/mol. The third-order valence-corrected chi connectivity index (χ3v) is 4.32. The Bertz CT molecular complexity index is 486. The lowest BCUT2D eigenvalue weighted by molar-refractivity contribution is -0.143. The van der Waals surface area contributed by atoms with Crippen molar-refractivity contribution in [1.29, 1.82) is 0 Å². The lowest BCUT2D eigenvalue weighted by Gasteiger charge is -2.34. The van der Waals surface area contributed by atoms with Crippen molar-refractivity contribution in [2.45, 2.75) is 26.7 Å². The van der Waals surface area contributed by atoms with Crippen LogP contribution in [0.4, 0.5) is 0 Å². The molecule has 0 spiro atoms. The SMILES string of the molecule is CCc1ncsc1C(=O)N1CC(C)CC(C(=O)O)C1. The number of rotatable bonds is 3. The van der Waals surface area contributed by atoms with Crippen LogP contribution in [0.25, 0.3) is 0 Å². The van der Waals surface area contributed by atoms with Gasteiger partial charge in [-0.1, -0.05) is 13.8 Å². The van der Waals surface area contributed by atoms with Crippen LogP contribution in [0.1, 0.15) is 35.6 Å². The van der Waals surface area contributed by atoms with Gasteiger partial charge < -0.3 is 10.0 Å². The van der Waals surface area contributed by atoms with Gasteiger partial charge in [-0.15, -0.1) is 11.3 Å². The molecule has 6 heteroatoms. The minimum absolute atomic E-state index is 0.0721. The highest BCUT2D eigenvalue weighted by molar-refractivity contribution is 7.11. The number of aliphatic carboxylic acids is 1. The second kappa shape index (κ2) is 5.69. The van der Waals surface area contributed by atoms with E-state index >= 15 is 0 Å². The molecule has 1 fully saturated rings. The Morgan fingerprint density at radius 2 is 2.26 bits per heavy atom. The van der Waals surface area contributed by atoms with Gasteiger partial charge in [0.25, 0.3) is 5.91 Å². The van der Waals surface area contributed by atoms with E-state index in [0.717, 1.165) is 12.1 Å². The molecule has 2 rings (SSSR count). The maximum Gasteiger partial charge on any atom is 0.308 e. The third kappa shape index (κ3) is 2.94. The van der Waals surface area contributed by atoms with Gasteiger partial charge in [0, 0.05) is 13.1 Å². The number of likely N-dealkylation sites (tertiary alicyclic amines) is 1. The van der Waals surface area contributed by atoms with E-state index in [0.29, 0.717) is 24.4 Å². The number of hydrogen-bond donors (Lipinski definition) is 1. The molecule has 0 radical (unpaired) electrons. The Hall–Kier alpha value is -1.43. The summed E-state index contributed by atoms with van der Waals surface area (Å²) in [5.74, 6) is -1.12. The van der Waals surface area contributed by atoms with Gasteiger partial charge in [-0.3, -0.25) is 9.59 Å². The average molecular weight is 282 g/mol. The average Bonchev–Trinajstić information content (AvgIpc) is 2.85. The molecule has 19 heavy (non-hydrogen) atoms. The predicted octanol–water partition coefficient (Wildman–Crippen LogP) is 1.89. The van der Waals surface area contributed by atoms with Crippen LogP contribution in [-0.4, -0.2) is 40.0 Å². The van der Waals surface area contributed by atoms with Crippen molar-refractivity contribution in [3.63, 3.8) is 0 Å². The summed E-state index contributed by atoms with van der Waals surface area (Å²) in [4.78, 5) is 30.1. The second-order valence-electron chi connectivity index (χ2n) is 5.07. The second-order valence-corrected chi connectivity index (χ2v) is 5.92. The number of carboxylic acid groups (broad SMARTS) is 1. The Balaban J connectivity index is 2.16. The molecule has 0 aliphatic carbocycles. The zero-order valence-electron chi connectivity index (χ0n) is 11.1. The first-order valence-electron chi connectivity index (χ1n) is 6.47. The lowest BCUT2D eigenvalue weighted by Crippen LogP contribution is -2.45. The number of aromatic nitrogens is 1. The molecule has 2 heterocycles. The molecule has 1 saturated heterocycles. The van der Waals surface area contributed by atoms with E-state index in [-0.39, 0.29) is 11.8 Å². The quantitative estimate of drug-likeness (QED) is 0.919. The molecule has 1 aliphatic rings. The topological polar surface area (TPSA) is 70.5 Å². The fraction of sp³-hybridized carbons (Fsp3) is 0.615. The summed E-state index contributed by atoms with van der Waals surface area (Å²) in [7, 11) is 0. The number of nitrogens with zero attached hydrogens (tertiary/aromatic N) is 2. The molecule has 104 valence electrons. The first kappa shape index (κ1) is 14.0. The highest BCUT2D eigenvalue weighted by Crippen LogP contribution is 2.25. The number of aryl methyl sites for hydroxylation is 1. The van der Waals surface area contributed by atoms with Gasteiger partial charge in [0.05, 0.1) is 17.1 Å². The molecule has 1 aromatic heterocycles. The Morgan fingerprint density at radius 1 is 1.53 bits per heavy atom. The van der Waals surface area contributed by atoms with Crippen molar-refractivity contribution in [3.05, 3.63) is 16.1 Å². The Morgan fingerprint density at radius 3 is 2.89 bits per heavy atom. The van der Waals surface area contributed by atoms with Gasteiger partial charge in [0.2, 0.25) is 0 Å².